The first-order valence-corrected chi connectivity index (χ1v) is 7.06. The fraction of sp³-hybridized carbons (Fsp3) is 0.857. The Morgan fingerprint density at radius 3 is 2.39 bits per heavy atom. The number of Topliss-reactive ketones (excluding diaryl/α,β-unsaturated/α-hetero) is 1. The van der Waals surface area contributed by atoms with Gasteiger partial charge in [0.25, 0.3) is 0 Å². The molecule has 0 spiro atoms. The van der Waals surface area contributed by atoms with E-state index in [2.05, 4.69) is 5.32 Å². The van der Waals surface area contributed by atoms with E-state index in [9.17, 15) is 9.59 Å². The number of hydrogen-bond acceptors (Lipinski definition) is 3. The molecule has 0 radical (unpaired) electrons. The van der Waals surface area contributed by atoms with Crippen LogP contribution in [-0.4, -0.2) is 31.4 Å². The highest BCUT2D eigenvalue weighted by atomic mass is 16.5. The zero-order chi connectivity index (χ0) is 13.6. The summed E-state index contributed by atoms with van der Waals surface area (Å²) < 4.78 is 4.99. The Hall–Kier alpha value is -0.900. The first-order chi connectivity index (χ1) is 8.70. The summed E-state index contributed by atoms with van der Waals surface area (Å²) in [6.45, 7) is 5.24. The molecule has 108 valence electrons. The van der Waals surface area contributed by atoms with Gasteiger partial charge in [0, 0.05) is 27.4 Å². The molecule has 0 aromatic heterocycles. The quantitative estimate of drug-likeness (QED) is 0.548. The molecule has 0 fully saturated rings. The molecule has 1 amide bonds. The van der Waals surface area contributed by atoms with Crippen LogP contribution in [0.3, 0.4) is 0 Å². The van der Waals surface area contributed by atoms with Crippen molar-refractivity contribution in [2.24, 2.45) is 0 Å². The monoisotopic (exact) mass is 259 g/mol. The molecule has 0 rings (SSSR count). The maximum Gasteiger partial charge on any atom is 0.245 e. The molecule has 4 nitrogen and oxygen atoms in total. The van der Waals surface area contributed by atoms with Crippen LogP contribution in [0.25, 0.3) is 0 Å². The minimum atomic E-state index is -0.0367. The molecule has 0 heterocycles. The molecule has 4 heteroatoms. The maximum atomic E-state index is 11.2. The Bertz CT molecular complexity index is 235. The van der Waals surface area contributed by atoms with Crippen LogP contribution < -0.4 is 5.32 Å². The predicted octanol–water partition coefficient (Wildman–Crippen LogP) is 2.70. The molecule has 0 aromatic carbocycles. The average molecular weight is 259 g/mol. The summed E-state index contributed by atoms with van der Waals surface area (Å²) in [5.74, 6) is 0.323. The van der Waals surface area contributed by atoms with Crippen LogP contribution >= 0.6 is 0 Å². The van der Waals surface area contributed by atoms with Crippen molar-refractivity contribution in [1.29, 1.82) is 0 Å². The smallest absolute Gasteiger partial charge is 0.245 e. The predicted molar refractivity (Wildman–Crippen MR) is 74.6 cm³/mol. The largest absolute Gasteiger partial charge is 0.372 e. The molecular formula is C14H29NO3. The van der Waals surface area contributed by atoms with Crippen molar-refractivity contribution in [2.45, 2.75) is 58.8 Å². The van der Waals surface area contributed by atoms with Crippen LogP contribution in [0.15, 0.2) is 0 Å². The fourth-order valence-electron chi connectivity index (χ4n) is 1.63. The molecule has 0 unspecified atom stereocenters. The van der Waals surface area contributed by atoms with E-state index in [0.29, 0.717) is 18.8 Å². The van der Waals surface area contributed by atoms with Crippen LogP contribution in [0.1, 0.15) is 60.2 Å². The summed E-state index contributed by atoms with van der Waals surface area (Å²) in [4.78, 5) is 22.2. The van der Waals surface area contributed by atoms with E-state index in [1.807, 2.05) is 13.8 Å². The summed E-state index contributed by atoms with van der Waals surface area (Å²) in [5, 5.41) is 2.82. The number of unbranched alkanes of at least 4 members (excludes halogenated alkanes) is 4. The third-order valence-corrected chi connectivity index (χ3v) is 2.79. The fourth-order valence-corrected chi connectivity index (χ4v) is 1.63. The van der Waals surface area contributed by atoms with Gasteiger partial charge in [-0.05, 0) is 19.8 Å². The first-order valence-electron chi connectivity index (χ1n) is 7.06. The normalized spacial score (nSPS) is 10.3. The number of amides is 1. The van der Waals surface area contributed by atoms with Gasteiger partial charge >= 0.3 is 0 Å². The number of nitrogens with one attached hydrogen (secondary N) is 1. The van der Waals surface area contributed by atoms with Crippen molar-refractivity contribution in [3.8, 4) is 0 Å². The summed E-state index contributed by atoms with van der Waals surface area (Å²) in [6, 6.07) is 0. The molecule has 0 saturated carbocycles. The van der Waals surface area contributed by atoms with Gasteiger partial charge in [-0.15, -0.1) is 0 Å². The van der Waals surface area contributed by atoms with Crippen molar-refractivity contribution >= 4 is 11.7 Å². The van der Waals surface area contributed by atoms with Crippen LogP contribution in [0.4, 0.5) is 0 Å². The number of carbonyl (C=O) groups excluding carboxylic acids is 2. The second-order valence-corrected chi connectivity index (χ2v) is 4.40. The highest BCUT2D eigenvalue weighted by Crippen LogP contribution is 2.06. The summed E-state index contributed by atoms with van der Waals surface area (Å²) >= 11 is 0. The number of ketones is 1. The van der Waals surface area contributed by atoms with E-state index in [1.54, 1.807) is 0 Å². The number of ether oxygens (including phenoxy) is 1. The third-order valence-electron chi connectivity index (χ3n) is 2.79. The second kappa shape index (κ2) is 12.6. The van der Waals surface area contributed by atoms with Crippen LogP contribution in [-0.2, 0) is 14.3 Å². The topological polar surface area (TPSA) is 55.4 Å². The van der Waals surface area contributed by atoms with Crippen molar-refractivity contribution in [2.75, 3.05) is 19.8 Å². The summed E-state index contributed by atoms with van der Waals surface area (Å²) in [7, 11) is 0. The van der Waals surface area contributed by atoms with Crippen molar-refractivity contribution in [3.05, 3.63) is 0 Å². The molecule has 0 bridgehead atoms. The van der Waals surface area contributed by atoms with Crippen LogP contribution in [0, 0.1) is 0 Å². The minimum Gasteiger partial charge on any atom is -0.372 e. The average Bonchev–Trinajstić information content (AvgIpc) is 2.38. The Balaban J connectivity index is 0. The van der Waals surface area contributed by atoms with E-state index in [1.165, 1.54) is 0 Å². The van der Waals surface area contributed by atoms with Gasteiger partial charge in [-0.1, -0.05) is 26.2 Å². The lowest BCUT2D eigenvalue weighted by Gasteiger charge is -2.05. The lowest BCUT2D eigenvalue weighted by Crippen LogP contribution is -2.28. The van der Waals surface area contributed by atoms with Gasteiger partial charge < -0.3 is 10.1 Å². The van der Waals surface area contributed by atoms with E-state index >= 15 is 0 Å². The first kappa shape index (κ1) is 17.1. The SMILES string of the molecule is CCOCC(=O)NCCCCCCCC(=O)CC.[HH]. The van der Waals surface area contributed by atoms with Gasteiger partial charge in [0.05, 0.1) is 0 Å². The number of carbonyl (C=O) groups is 2. The molecule has 1 N–H and O–H groups in total. The third kappa shape index (κ3) is 11.6. The van der Waals surface area contributed by atoms with Gasteiger partial charge in [0.15, 0.2) is 0 Å². The van der Waals surface area contributed by atoms with Crippen LogP contribution in [0.2, 0.25) is 0 Å². The Labute approximate surface area is 112 Å². The number of rotatable bonds is 12. The minimum absolute atomic E-state index is 0. The zero-order valence-corrected chi connectivity index (χ0v) is 11.8. The van der Waals surface area contributed by atoms with Crippen LogP contribution in [0.5, 0.6) is 0 Å². The standard InChI is InChI=1S/C14H27NO3.H2/c1-3-13(16)10-8-6-5-7-9-11-15-14(17)12-18-4-2;/h3-12H2,1-2H3,(H,15,17);1H. The Kier molecular flexibility index (Phi) is 11.9. The van der Waals surface area contributed by atoms with Gasteiger partial charge in [-0.25, -0.2) is 0 Å². The maximum absolute atomic E-state index is 11.2. The van der Waals surface area contributed by atoms with E-state index in [-0.39, 0.29) is 13.9 Å². The lowest BCUT2D eigenvalue weighted by atomic mass is 10.1. The molecule has 0 saturated heterocycles. The van der Waals surface area contributed by atoms with Gasteiger partial charge in [0.2, 0.25) is 5.91 Å². The summed E-state index contributed by atoms with van der Waals surface area (Å²) in [5.41, 5.74) is 0. The molecule has 0 aliphatic heterocycles. The van der Waals surface area contributed by atoms with Gasteiger partial charge in [-0.2, -0.15) is 0 Å². The molecule has 0 aliphatic carbocycles. The van der Waals surface area contributed by atoms with Gasteiger partial charge in [-0.3, -0.25) is 9.59 Å². The van der Waals surface area contributed by atoms with Crippen molar-refractivity contribution in [1.82, 2.24) is 5.32 Å². The molecule has 0 atom stereocenters. The zero-order valence-electron chi connectivity index (χ0n) is 11.8. The van der Waals surface area contributed by atoms with E-state index < -0.39 is 0 Å². The van der Waals surface area contributed by atoms with Crippen molar-refractivity contribution < 1.29 is 15.8 Å². The highest BCUT2D eigenvalue weighted by molar-refractivity contribution is 5.77. The molecule has 18 heavy (non-hydrogen) atoms. The summed E-state index contributed by atoms with van der Waals surface area (Å²) in [6.07, 6.45) is 6.74. The van der Waals surface area contributed by atoms with E-state index in [4.69, 9.17) is 4.74 Å². The Morgan fingerprint density at radius 1 is 1.06 bits per heavy atom. The number of hydrogen-bond donors (Lipinski definition) is 1. The molecular weight excluding hydrogens is 230 g/mol. The van der Waals surface area contributed by atoms with Crippen molar-refractivity contribution in [3.63, 3.8) is 0 Å². The highest BCUT2D eigenvalue weighted by Gasteiger charge is 2.00. The molecule has 0 aliphatic rings. The lowest BCUT2D eigenvalue weighted by molar-refractivity contribution is -0.125. The second-order valence-electron chi connectivity index (χ2n) is 4.40. The Morgan fingerprint density at radius 2 is 1.72 bits per heavy atom. The van der Waals surface area contributed by atoms with E-state index in [0.717, 1.165) is 45.1 Å². The molecule has 0 aromatic rings. The van der Waals surface area contributed by atoms with Gasteiger partial charge in [0.1, 0.15) is 12.4 Å².